The zero-order valence-corrected chi connectivity index (χ0v) is 12.9. The minimum Gasteiger partial charge on any atom is -0.384 e. The van der Waals surface area contributed by atoms with Gasteiger partial charge in [-0.2, -0.15) is 11.8 Å². The molecule has 0 aliphatic rings. The summed E-state index contributed by atoms with van der Waals surface area (Å²) in [6.07, 6.45) is 3.37. The Morgan fingerprint density at radius 2 is 2.33 bits per heavy atom. The molecule has 2 nitrogen and oxygen atoms in total. The molecule has 1 heterocycles. The Hall–Kier alpha value is -0.470. The summed E-state index contributed by atoms with van der Waals surface area (Å²) >= 11 is 3.64. The van der Waals surface area contributed by atoms with Crippen molar-refractivity contribution in [2.45, 2.75) is 25.9 Å². The van der Waals surface area contributed by atoms with Crippen molar-refractivity contribution in [2.75, 3.05) is 25.7 Å². The van der Waals surface area contributed by atoms with Crippen LogP contribution in [0.15, 0.2) is 11.4 Å². The van der Waals surface area contributed by atoms with Crippen LogP contribution in [0.25, 0.3) is 0 Å². The predicted molar refractivity (Wildman–Crippen MR) is 82.2 cm³/mol. The lowest BCUT2D eigenvalue weighted by Crippen LogP contribution is -2.28. The molecule has 0 amide bonds. The summed E-state index contributed by atoms with van der Waals surface area (Å²) in [4.78, 5) is 3.71. The minimum absolute atomic E-state index is 0.0726. The summed E-state index contributed by atoms with van der Waals surface area (Å²) in [5.41, 5.74) is 1.01. The van der Waals surface area contributed by atoms with E-state index in [1.165, 1.54) is 17.1 Å². The van der Waals surface area contributed by atoms with Crippen LogP contribution < -0.4 is 0 Å². The lowest BCUT2D eigenvalue weighted by molar-refractivity contribution is 0.247. The smallest absolute Gasteiger partial charge is 0.104 e. The van der Waals surface area contributed by atoms with Crippen molar-refractivity contribution in [2.24, 2.45) is 0 Å². The number of aliphatic hydroxyl groups excluding tert-OH is 1. The van der Waals surface area contributed by atoms with Crippen LogP contribution in [-0.2, 0) is 6.54 Å². The van der Waals surface area contributed by atoms with Crippen LogP contribution >= 0.6 is 23.1 Å². The van der Waals surface area contributed by atoms with E-state index < -0.39 is 0 Å². The van der Waals surface area contributed by atoms with E-state index in [1.807, 2.05) is 11.8 Å². The largest absolute Gasteiger partial charge is 0.384 e. The maximum atomic E-state index is 8.65. The quantitative estimate of drug-likeness (QED) is 0.812. The first-order valence-electron chi connectivity index (χ1n) is 6.03. The molecular formula is C14H21NOS2. The highest BCUT2D eigenvalue weighted by Crippen LogP contribution is 2.17. The number of thioether (sulfide) groups is 1. The van der Waals surface area contributed by atoms with Gasteiger partial charge in [0.2, 0.25) is 0 Å². The van der Waals surface area contributed by atoms with Crippen LogP contribution in [0.1, 0.15) is 23.8 Å². The lowest BCUT2D eigenvalue weighted by atomic mass is 10.2. The minimum atomic E-state index is -0.0726. The molecule has 0 fully saturated rings. The van der Waals surface area contributed by atoms with Gasteiger partial charge in [-0.05, 0) is 38.5 Å². The third-order valence-corrected chi connectivity index (χ3v) is 4.43. The molecule has 1 N–H and O–H groups in total. The third kappa shape index (κ3) is 5.45. The molecular weight excluding hydrogens is 262 g/mol. The normalized spacial score (nSPS) is 12.3. The SMILES string of the molecule is CSCCC(C)N(C)Cc1cc(C#CCO)cs1. The molecule has 100 valence electrons. The van der Waals surface area contributed by atoms with Crippen molar-refractivity contribution in [3.05, 3.63) is 21.9 Å². The fourth-order valence-electron chi connectivity index (χ4n) is 1.58. The molecule has 1 rings (SSSR count). The van der Waals surface area contributed by atoms with E-state index >= 15 is 0 Å². The fourth-order valence-corrected chi connectivity index (χ4v) is 3.04. The van der Waals surface area contributed by atoms with E-state index in [1.54, 1.807) is 11.3 Å². The second-order valence-corrected chi connectivity index (χ2v) is 6.29. The number of thiophene rings is 1. The van der Waals surface area contributed by atoms with Gasteiger partial charge in [0, 0.05) is 28.4 Å². The van der Waals surface area contributed by atoms with Crippen molar-refractivity contribution in [1.29, 1.82) is 0 Å². The van der Waals surface area contributed by atoms with Gasteiger partial charge in [0.25, 0.3) is 0 Å². The average molecular weight is 283 g/mol. The molecule has 0 aliphatic heterocycles. The maximum Gasteiger partial charge on any atom is 0.104 e. The van der Waals surface area contributed by atoms with Crippen molar-refractivity contribution >= 4 is 23.1 Å². The van der Waals surface area contributed by atoms with Crippen LogP contribution in [0.4, 0.5) is 0 Å². The number of rotatable bonds is 6. The summed E-state index contributed by atoms with van der Waals surface area (Å²) in [5, 5.41) is 10.7. The lowest BCUT2D eigenvalue weighted by Gasteiger charge is -2.23. The first-order valence-corrected chi connectivity index (χ1v) is 8.31. The Morgan fingerprint density at radius 3 is 3.00 bits per heavy atom. The van der Waals surface area contributed by atoms with E-state index in [-0.39, 0.29) is 6.61 Å². The number of hydrogen-bond donors (Lipinski definition) is 1. The van der Waals surface area contributed by atoms with Crippen LogP contribution in [0.3, 0.4) is 0 Å². The van der Waals surface area contributed by atoms with Crippen LogP contribution in [0, 0.1) is 11.8 Å². The highest BCUT2D eigenvalue weighted by atomic mass is 32.2. The van der Waals surface area contributed by atoms with E-state index in [0.717, 1.165) is 12.1 Å². The van der Waals surface area contributed by atoms with Gasteiger partial charge in [0.1, 0.15) is 6.61 Å². The molecule has 1 atom stereocenters. The topological polar surface area (TPSA) is 23.5 Å². The second kappa shape index (κ2) is 8.60. The summed E-state index contributed by atoms with van der Waals surface area (Å²) in [6.45, 7) is 3.17. The number of nitrogens with zero attached hydrogens (tertiary/aromatic N) is 1. The molecule has 0 bridgehead atoms. The predicted octanol–water partition coefficient (Wildman–Crippen LogP) is 2.67. The van der Waals surface area contributed by atoms with Gasteiger partial charge in [-0.3, -0.25) is 4.90 Å². The molecule has 0 aromatic carbocycles. The van der Waals surface area contributed by atoms with E-state index in [4.69, 9.17) is 5.11 Å². The summed E-state index contributed by atoms with van der Waals surface area (Å²) in [7, 11) is 2.17. The Balaban J connectivity index is 2.48. The van der Waals surface area contributed by atoms with Crippen LogP contribution in [0.5, 0.6) is 0 Å². The zero-order chi connectivity index (χ0) is 13.4. The van der Waals surface area contributed by atoms with Crippen molar-refractivity contribution in [3.8, 4) is 11.8 Å². The average Bonchev–Trinajstić information content (AvgIpc) is 2.80. The maximum absolute atomic E-state index is 8.65. The van der Waals surface area contributed by atoms with E-state index in [0.29, 0.717) is 6.04 Å². The second-order valence-electron chi connectivity index (χ2n) is 4.31. The van der Waals surface area contributed by atoms with Gasteiger partial charge < -0.3 is 5.11 Å². The third-order valence-electron chi connectivity index (χ3n) is 2.86. The molecule has 1 aromatic heterocycles. The van der Waals surface area contributed by atoms with Crippen LogP contribution in [-0.4, -0.2) is 41.7 Å². The highest BCUT2D eigenvalue weighted by Gasteiger charge is 2.10. The molecule has 18 heavy (non-hydrogen) atoms. The Labute approximate surface area is 118 Å². The van der Waals surface area contributed by atoms with Gasteiger partial charge in [-0.15, -0.1) is 11.3 Å². The summed E-state index contributed by atoms with van der Waals surface area (Å²) in [5.74, 6) is 6.83. The number of hydrogen-bond acceptors (Lipinski definition) is 4. The Kier molecular flexibility index (Phi) is 7.45. The number of aliphatic hydroxyl groups is 1. The van der Waals surface area contributed by atoms with Crippen molar-refractivity contribution in [3.63, 3.8) is 0 Å². The molecule has 0 saturated heterocycles. The van der Waals surface area contributed by atoms with Gasteiger partial charge in [0.15, 0.2) is 0 Å². The van der Waals surface area contributed by atoms with Crippen molar-refractivity contribution < 1.29 is 5.11 Å². The van der Waals surface area contributed by atoms with Gasteiger partial charge >= 0.3 is 0 Å². The molecule has 0 spiro atoms. The first kappa shape index (κ1) is 15.6. The molecule has 0 radical (unpaired) electrons. The first-order chi connectivity index (χ1) is 8.67. The van der Waals surface area contributed by atoms with Gasteiger partial charge in [0.05, 0.1) is 0 Å². The van der Waals surface area contributed by atoms with Gasteiger partial charge in [-0.25, -0.2) is 0 Å². The molecule has 4 heteroatoms. The Morgan fingerprint density at radius 1 is 1.56 bits per heavy atom. The van der Waals surface area contributed by atoms with Crippen molar-refractivity contribution in [1.82, 2.24) is 4.90 Å². The summed E-state index contributed by atoms with van der Waals surface area (Å²) < 4.78 is 0. The summed E-state index contributed by atoms with van der Waals surface area (Å²) in [6, 6.07) is 2.72. The highest BCUT2D eigenvalue weighted by molar-refractivity contribution is 7.98. The van der Waals surface area contributed by atoms with Crippen LogP contribution in [0.2, 0.25) is 0 Å². The fraction of sp³-hybridized carbons (Fsp3) is 0.571. The van der Waals surface area contributed by atoms with E-state index in [9.17, 15) is 0 Å². The Bertz CT molecular complexity index is 405. The molecule has 0 saturated carbocycles. The van der Waals surface area contributed by atoms with E-state index in [2.05, 4.69) is 48.4 Å². The molecule has 1 unspecified atom stereocenters. The zero-order valence-electron chi connectivity index (χ0n) is 11.3. The molecule has 1 aromatic rings. The standard InChI is InChI=1S/C14H21NOS2/c1-12(6-8-17-3)15(2)10-14-9-13(11-18-14)5-4-7-16/h9,11-12,16H,6-8,10H2,1-3H3. The molecule has 0 aliphatic carbocycles. The monoisotopic (exact) mass is 283 g/mol. The van der Waals surface area contributed by atoms with Gasteiger partial charge in [-0.1, -0.05) is 11.8 Å².